The molecule has 2 atom stereocenters. The van der Waals surface area contributed by atoms with Crippen LogP contribution in [0.5, 0.6) is 5.75 Å². The second-order valence-corrected chi connectivity index (χ2v) is 7.02. The lowest BCUT2D eigenvalue weighted by atomic mass is 9.95. The number of rotatable bonds is 6. The van der Waals surface area contributed by atoms with Crippen molar-refractivity contribution < 1.29 is 19.0 Å². The summed E-state index contributed by atoms with van der Waals surface area (Å²) in [5.41, 5.74) is 2.71. The van der Waals surface area contributed by atoms with Gasteiger partial charge in [0, 0.05) is 26.3 Å². The maximum absolute atomic E-state index is 14.4. The number of methoxy groups -OCH3 is 1. The van der Waals surface area contributed by atoms with E-state index in [1.807, 2.05) is 54.2 Å². The Hall–Kier alpha value is -2.60. The van der Waals surface area contributed by atoms with E-state index in [-0.39, 0.29) is 11.8 Å². The fourth-order valence-corrected chi connectivity index (χ4v) is 3.75. The van der Waals surface area contributed by atoms with Crippen molar-refractivity contribution in [3.8, 4) is 5.75 Å². The van der Waals surface area contributed by atoms with Crippen molar-refractivity contribution >= 4 is 11.7 Å². The Bertz CT molecular complexity index is 808. The van der Waals surface area contributed by atoms with Crippen LogP contribution in [0, 0.1) is 5.82 Å². The number of nitrogens with zero attached hydrogens (tertiary/aromatic N) is 2. The van der Waals surface area contributed by atoms with Crippen molar-refractivity contribution in [1.82, 2.24) is 4.90 Å². The van der Waals surface area contributed by atoms with Crippen LogP contribution < -0.4 is 9.64 Å². The Morgan fingerprint density at radius 3 is 2.44 bits per heavy atom. The number of carboxylic acid groups (broad SMARTS) is 1. The lowest BCUT2D eigenvalue weighted by molar-refractivity contribution is -0.142. The maximum atomic E-state index is 14.4. The summed E-state index contributed by atoms with van der Waals surface area (Å²) in [6, 6.07) is 11.9. The lowest BCUT2D eigenvalue weighted by Crippen LogP contribution is -2.39. The van der Waals surface area contributed by atoms with E-state index in [9.17, 15) is 14.3 Å². The number of ether oxygens (including phenoxy) is 1. The third-order valence-corrected chi connectivity index (χ3v) is 5.13. The molecule has 2 unspecified atom stereocenters. The number of halogens is 1. The quantitative estimate of drug-likeness (QED) is 0.841. The summed E-state index contributed by atoms with van der Waals surface area (Å²) < 4.78 is 19.4. The van der Waals surface area contributed by atoms with Gasteiger partial charge in [-0.3, -0.25) is 9.69 Å². The third-order valence-electron chi connectivity index (χ3n) is 5.13. The molecule has 0 bridgehead atoms. The van der Waals surface area contributed by atoms with Crippen LogP contribution in [0.2, 0.25) is 0 Å². The molecule has 0 saturated carbocycles. The smallest absolute Gasteiger partial charge is 0.320 e. The fourth-order valence-electron chi connectivity index (χ4n) is 3.75. The Morgan fingerprint density at radius 1 is 1.22 bits per heavy atom. The minimum absolute atomic E-state index is 0.177. The summed E-state index contributed by atoms with van der Waals surface area (Å²) in [4.78, 5) is 15.7. The molecule has 1 N–H and O–H groups in total. The molecule has 0 radical (unpaired) electrons. The molecule has 0 spiro atoms. The van der Waals surface area contributed by atoms with Gasteiger partial charge in [-0.05, 0) is 48.2 Å². The van der Waals surface area contributed by atoms with E-state index in [1.54, 1.807) is 6.07 Å². The van der Waals surface area contributed by atoms with E-state index in [0.717, 1.165) is 23.2 Å². The normalized spacial score (nSPS) is 18.3. The van der Waals surface area contributed by atoms with Crippen LogP contribution in [-0.4, -0.2) is 49.8 Å². The van der Waals surface area contributed by atoms with E-state index < -0.39 is 17.8 Å². The molecule has 1 fully saturated rings. The number of carbonyl (C=O) groups is 1. The molecule has 0 aliphatic carbocycles. The van der Waals surface area contributed by atoms with Gasteiger partial charge in [0.15, 0.2) is 11.6 Å². The molecule has 0 aromatic heterocycles. The van der Waals surface area contributed by atoms with Gasteiger partial charge in [-0.2, -0.15) is 0 Å². The summed E-state index contributed by atoms with van der Waals surface area (Å²) in [6.45, 7) is 0.657. The molecule has 1 aliphatic heterocycles. The van der Waals surface area contributed by atoms with Crippen molar-refractivity contribution in [2.75, 3.05) is 32.6 Å². The highest BCUT2D eigenvalue weighted by Crippen LogP contribution is 2.36. The molecule has 2 aromatic carbocycles. The average Bonchev–Trinajstić information content (AvgIpc) is 3.12. The van der Waals surface area contributed by atoms with E-state index in [4.69, 9.17) is 4.74 Å². The molecule has 27 heavy (non-hydrogen) atoms. The number of likely N-dealkylation sites (tertiary alicyclic amines) is 1. The lowest BCUT2D eigenvalue weighted by Gasteiger charge is -2.32. The first-order valence-electron chi connectivity index (χ1n) is 9.01. The monoisotopic (exact) mass is 372 g/mol. The summed E-state index contributed by atoms with van der Waals surface area (Å²) in [5, 5.41) is 9.64. The molecule has 0 amide bonds. The standard InChI is InChI=1S/C21H25FN2O3/c1-23(2)16-9-6-14(7-10-16)20(24-12-4-5-18(24)21(25)26)15-8-11-19(27-3)17(22)13-15/h6-11,13,18,20H,4-5,12H2,1-3H3,(H,25,26). The zero-order valence-electron chi connectivity index (χ0n) is 15.9. The van der Waals surface area contributed by atoms with E-state index in [0.29, 0.717) is 13.0 Å². The zero-order valence-corrected chi connectivity index (χ0v) is 15.9. The maximum Gasteiger partial charge on any atom is 0.320 e. The molecule has 6 heteroatoms. The number of hydrogen-bond donors (Lipinski definition) is 1. The fraction of sp³-hybridized carbons (Fsp3) is 0.381. The van der Waals surface area contributed by atoms with Gasteiger partial charge in [0.2, 0.25) is 0 Å². The SMILES string of the molecule is COc1ccc(C(c2ccc(N(C)C)cc2)N2CCCC2C(=O)O)cc1F. The largest absolute Gasteiger partial charge is 0.494 e. The van der Waals surface area contributed by atoms with Gasteiger partial charge in [-0.1, -0.05) is 18.2 Å². The van der Waals surface area contributed by atoms with Crippen molar-refractivity contribution in [2.24, 2.45) is 0 Å². The minimum atomic E-state index is -0.837. The van der Waals surface area contributed by atoms with Gasteiger partial charge in [-0.15, -0.1) is 0 Å². The number of carboxylic acids is 1. The predicted molar refractivity (Wildman–Crippen MR) is 103 cm³/mol. The number of aliphatic carboxylic acids is 1. The predicted octanol–water partition coefficient (Wildman–Crippen LogP) is 3.54. The van der Waals surface area contributed by atoms with Crippen LogP contribution >= 0.6 is 0 Å². The van der Waals surface area contributed by atoms with Crippen molar-refractivity contribution in [1.29, 1.82) is 0 Å². The van der Waals surface area contributed by atoms with E-state index in [2.05, 4.69) is 0 Å². The molecule has 1 saturated heterocycles. The highest BCUT2D eigenvalue weighted by Gasteiger charge is 2.37. The molecule has 1 heterocycles. The minimum Gasteiger partial charge on any atom is -0.494 e. The number of benzene rings is 2. The average molecular weight is 372 g/mol. The van der Waals surface area contributed by atoms with E-state index in [1.165, 1.54) is 13.2 Å². The first kappa shape index (κ1) is 19.2. The highest BCUT2D eigenvalue weighted by molar-refractivity contribution is 5.74. The summed E-state index contributed by atoms with van der Waals surface area (Å²) in [7, 11) is 5.36. The number of anilines is 1. The Balaban J connectivity index is 2.06. The summed E-state index contributed by atoms with van der Waals surface area (Å²) in [5.74, 6) is -1.11. The van der Waals surface area contributed by atoms with Crippen LogP contribution in [0.1, 0.15) is 30.0 Å². The topological polar surface area (TPSA) is 53.0 Å². The molecule has 3 rings (SSSR count). The van der Waals surface area contributed by atoms with Crippen LogP contribution in [0.3, 0.4) is 0 Å². The van der Waals surface area contributed by atoms with Gasteiger partial charge >= 0.3 is 5.97 Å². The van der Waals surface area contributed by atoms with E-state index >= 15 is 0 Å². The Morgan fingerprint density at radius 2 is 1.89 bits per heavy atom. The molecule has 5 nitrogen and oxygen atoms in total. The molecule has 2 aromatic rings. The van der Waals surface area contributed by atoms with Gasteiger partial charge in [-0.25, -0.2) is 4.39 Å². The Labute approximate surface area is 159 Å². The molecule has 144 valence electrons. The Kier molecular flexibility index (Phi) is 5.65. The third kappa shape index (κ3) is 3.90. The summed E-state index contributed by atoms with van der Waals surface area (Å²) in [6.07, 6.45) is 1.40. The second kappa shape index (κ2) is 7.96. The first-order valence-corrected chi connectivity index (χ1v) is 9.01. The highest BCUT2D eigenvalue weighted by atomic mass is 19.1. The van der Waals surface area contributed by atoms with Crippen LogP contribution in [0.25, 0.3) is 0 Å². The van der Waals surface area contributed by atoms with Crippen molar-refractivity contribution in [3.05, 3.63) is 59.4 Å². The summed E-state index contributed by atoms with van der Waals surface area (Å²) >= 11 is 0. The zero-order chi connectivity index (χ0) is 19.6. The molecule has 1 aliphatic rings. The van der Waals surface area contributed by atoms with Gasteiger partial charge < -0.3 is 14.7 Å². The number of hydrogen-bond acceptors (Lipinski definition) is 4. The van der Waals surface area contributed by atoms with Crippen LogP contribution in [0.15, 0.2) is 42.5 Å². The van der Waals surface area contributed by atoms with Gasteiger partial charge in [0.1, 0.15) is 6.04 Å². The van der Waals surface area contributed by atoms with Crippen molar-refractivity contribution in [2.45, 2.75) is 24.9 Å². The van der Waals surface area contributed by atoms with Crippen LogP contribution in [-0.2, 0) is 4.79 Å². The molecular formula is C21H25FN2O3. The van der Waals surface area contributed by atoms with Crippen LogP contribution in [0.4, 0.5) is 10.1 Å². The molecular weight excluding hydrogens is 347 g/mol. The van der Waals surface area contributed by atoms with Gasteiger partial charge in [0.05, 0.1) is 13.2 Å². The first-order chi connectivity index (χ1) is 12.9. The van der Waals surface area contributed by atoms with Crippen molar-refractivity contribution in [3.63, 3.8) is 0 Å². The van der Waals surface area contributed by atoms with Gasteiger partial charge in [0.25, 0.3) is 0 Å². The second-order valence-electron chi connectivity index (χ2n) is 7.02.